The first kappa shape index (κ1) is 14.9. The fraction of sp³-hybridized carbons (Fsp3) is 0. The summed E-state index contributed by atoms with van der Waals surface area (Å²) in [6.07, 6.45) is 0. The minimum Gasteiger partial charge on any atom is -0.552 e. The molecule has 3 aromatic rings. The van der Waals surface area contributed by atoms with E-state index in [1.807, 2.05) is 24.3 Å². The van der Waals surface area contributed by atoms with Crippen molar-refractivity contribution < 1.29 is 18.4 Å². The van der Waals surface area contributed by atoms with Crippen LogP contribution in [0.4, 0.5) is 0 Å². The number of hydrogen-bond donors (Lipinski definition) is 0. The molecule has 6 heteroatoms. The fourth-order valence-corrected chi connectivity index (χ4v) is 4.23. The van der Waals surface area contributed by atoms with Gasteiger partial charge in [-0.25, -0.2) is 0 Å². The van der Waals surface area contributed by atoms with Crippen LogP contribution in [0.2, 0.25) is 0 Å². The highest BCUT2D eigenvalue weighted by Crippen LogP contribution is 2.44. The van der Waals surface area contributed by atoms with E-state index in [1.165, 1.54) is 0 Å². The molecule has 0 saturated carbocycles. The van der Waals surface area contributed by atoms with Gasteiger partial charge in [0, 0.05) is 21.9 Å². The van der Waals surface area contributed by atoms with Gasteiger partial charge >= 0.3 is 0 Å². The average Bonchev–Trinajstić information content (AvgIpc) is 2.64. The van der Waals surface area contributed by atoms with E-state index in [9.17, 15) is 9.59 Å². The quantitative estimate of drug-likeness (QED) is 0.505. The normalized spacial score (nSPS) is 13.0. The minimum absolute atomic E-state index is 0.184. The van der Waals surface area contributed by atoms with E-state index >= 15 is 0 Å². The van der Waals surface area contributed by atoms with Crippen LogP contribution in [0.15, 0.2) is 48.5 Å². The molecule has 1 aliphatic carbocycles. The predicted molar refractivity (Wildman–Crippen MR) is 98.4 cm³/mol. The number of carbonyl (C=O) groups excluding carboxylic acids is 2. The van der Waals surface area contributed by atoms with E-state index in [0.29, 0.717) is 54.7 Å². The van der Waals surface area contributed by atoms with Crippen molar-refractivity contribution in [2.24, 2.45) is 0 Å². The van der Waals surface area contributed by atoms with Gasteiger partial charge in [-0.3, -0.25) is 9.59 Å². The molecule has 0 atom stereocenters. The Morgan fingerprint density at radius 1 is 0.625 bits per heavy atom. The number of fused-ring (bicyclic) bond motifs is 3. The molecule has 0 heterocycles. The Labute approximate surface area is 144 Å². The van der Waals surface area contributed by atoms with Crippen LogP contribution in [0, 0.1) is 0 Å². The summed E-state index contributed by atoms with van der Waals surface area (Å²) in [6.45, 7) is 0. The second-order valence-electron chi connectivity index (χ2n) is 5.57. The Balaban J connectivity index is 2.21. The van der Waals surface area contributed by atoms with Gasteiger partial charge in [-0.1, -0.05) is 48.5 Å². The zero-order chi connectivity index (χ0) is 16.8. The summed E-state index contributed by atoms with van der Waals surface area (Å²) in [6, 6.07) is 14.5. The molecule has 118 valence electrons. The fourth-order valence-electron chi connectivity index (χ4n) is 3.38. The Bertz CT molecular complexity index is 945. The second kappa shape index (κ2) is 5.43. The molecule has 4 nitrogen and oxygen atoms in total. The smallest absolute Gasteiger partial charge is 0.204 e. The number of rotatable bonds is 2. The van der Waals surface area contributed by atoms with Crippen molar-refractivity contribution in [1.29, 1.82) is 0 Å². The van der Waals surface area contributed by atoms with Gasteiger partial charge in [0.05, 0.1) is 11.1 Å². The van der Waals surface area contributed by atoms with Gasteiger partial charge in [-0.2, -0.15) is 0 Å². The van der Waals surface area contributed by atoms with Crippen LogP contribution in [0.1, 0.15) is 31.8 Å². The minimum atomic E-state index is -0.184. The summed E-state index contributed by atoms with van der Waals surface area (Å²) < 4.78 is 11.4. The molecule has 3 aromatic carbocycles. The SMILES string of the molecule is O=C1c2ccccc2C(=O)c2c1c(O[SiH3])c1ccccc1c2O[SiH3]. The summed E-state index contributed by atoms with van der Waals surface area (Å²) in [7, 11) is 0.837. The zero-order valence-corrected chi connectivity index (χ0v) is 17.3. The molecule has 24 heavy (non-hydrogen) atoms. The van der Waals surface area contributed by atoms with Gasteiger partial charge < -0.3 is 8.85 Å². The molecule has 4 rings (SSSR count). The van der Waals surface area contributed by atoms with E-state index in [2.05, 4.69) is 0 Å². The molecule has 0 radical (unpaired) electrons. The highest BCUT2D eigenvalue weighted by atomic mass is 28.2. The molecule has 0 N–H and O–H groups in total. The van der Waals surface area contributed by atoms with Gasteiger partial charge in [-0.05, 0) is 0 Å². The molecular formula is C18H14O4Si2. The predicted octanol–water partition coefficient (Wildman–Crippen LogP) is 0.934. The lowest BCUT2D eigenvalue weighted by Gasteiger charge is -2.24. The van der Waals surface area contributed by atoms with Crippen LogP contribution >= 0.6 is 0 Å². The van der Waals surface area contributed by atoms with Crippen molar-refractivity contribution >= 4 is 43.3 Å². The van der Waals surface area contributed by atoms with E-state index in [1.54, 1.807) is 24.3 Å². The van der Waals surface area contributed by atoms with Gasteiger partial charge in [0.2, 0.25) is 21.0 Å². The first-order valence-electron chi connectivity index (χ1n) is 7.54. The standard InChI is InChI=1S/C18H14O4Si2/c19-15-9-5-1-2-6-10(9)16(20)14-13(15)17(21-23)11-7-3-4-8-12(11)18(14)22-24/h1-8H,23-24H3. The maximum Gasteiger partial charge on any atom is 0.204 e. The third-order valence-electron chi connectivity index (χ3n) is 4.40. The molecule has 0 amide bonds. The van der Waals surface area contributed by atoms with E-state index < -0.39 is 0 Å². The molecule has 0 aliphatic heterocycles. The van der Waals surface area contributed by atoms with Crippen LogP contribution in [0.5, 0.6) is 11.5 Å². The van der Waals surface area contributed by atoms with Crippen LogP contribution < -0.4 is 8.85 Å². The number of hydrogen-bond acceptors (Lipinski definition) is 4. The summed E-state index contributed by atoms with van der Waals surface area (Å²) in [5.41, 5.74) is 1.51. The lowest BCUT2D eigenvalue weighted by molar-refractivity contribution is 0.0976. The molecular weight excluding hydrogens is 336 g/mol. The maximum absolute atomic E-state index is 13.1. The van der Waals surface area contributed by atoms with Crippen molar-refractivity contribution in [2.75, 3.05) is 0 Å². The van der Waals surface area contributed by atoms with E-state index in [-0.39, 0.29) is 11.6 Å². The van der Waals surface area contributed by atoms with Crippen LogP contribution in [0.25, 0.3) is 10.8 Å². The molecule has 0 spiro atoms. The Hall–Kier alpha value is -2.71. The van der Waals surface area contributed by atoms with Crippen molar-refractivity contribution in [1.82, 2.24) is 0 Å². The average molecular weight is 350 g/mol. The lowest BCUT2D eigenvalue weighted by atomic mass is 9.81. The molecule has 0 saturated heterocycles. The van der Waals surface area contributed by atoms with E-state index in [4.69, 9.17) is 8.85 Å². The van der Waals surface area contributed by atoms with Crippen LogP contribution in [-0.2, 0) is 0 Å². The summed E-state index contributed by atoms with van der Waals surface area (Å²) in [5.74, 6) is 0.610. The monoisotopic (exact) mass is 350 g/mol. The summed E-state index contributed by atoms with van der Waals surface area (Å²) in [4.78, 5) is 26.2. The molecule has 0 fully saturated rings. The van der Waals surface area contributed by atoms with Crippen molar-refractivity contribution in [2.45, 2.75) is 0 Å². The van der Waals surface area contributed by atoms with Gasteiger partial charge in [0.15, 0.2) is 11.6 Å². The van der Waals surface area contributed by atoms with Gasteiger partial charge in [0.1, 0.15) is 11.5 Å². The summed E-state index contributed by atoms with van der Waals surface area (Å²) >= 11 is 0. The highest BCUT2D eigenvalue weighted by molar-refractivity contribution is 6.33. The Morgan fingerprint density at radius 2 is 1.00 bits per heavy atom. The molecule has 0 bridgehead atoms. The number of ketones is 2. The Kier molecular flexibility index (Phi) is 3.36. The van der Waals surface area contributed by atoms with E-state index in [0.717, 1.165) is 10.8 Å². The number of benzene rings is 3. The van der Waals surface area contributed by atoms with Crippen molar-refractivity contribution in [3.8, 4) is 11.5 Å². The van der Waals surface area contributed by atoms with Crippen molar-refractivity contribution in [3.05, 3.63) is 70.8 Å². The summed E-state index contributed by atoms with van der Waals surface area (Å²) in [5, 5.41) is 1.61. The Morgan fingerprint density at radius 3 is 1.38 bits per heavy atom. The van der Waals surface area contributed by atoms with Gasteiger partial charge in [0.25, 0.3) is 0 Å². The molecule has 0 unspecified atom stereocenters. The third-order valence-corrected chi connectivity index (χ3v) is 5.22. The largest absolute Gasteiger partial charge is 0.552 e. The van der Waals surface area contributed by atoms with Crippen molar-refractivity contribution in [3.63, 3.8) is 0 Å². The number of carbonyl (C=O) groups is 2. The zero-order valence-electron chi connectivity index (χ0n) is 13.3. The van der Waals surface area contributed by atoms with Crippen LogP contribution in [0.3, 0.4) is 0 Å². The first-order valence-corrected chi connectivity index (χ1v) is 9.17. The molecule has 1 aliphatic rings. The van der Waals surface area contributed by atoms with Crippen LogP contribution in [-0.4, -0.2) is 32.5 Å². The molecule has 0 aromatic heterocycles. The topological polar surface area (TPSA) is 52.6 Å². The maximum atomic E-state index is 13.1. The first-order chi connectivity index (χ1) is 11.7. The third kappa shape index (κ3) is 1.84. The second-order valence-corrected chi connectivity index (χ2v) is 6.38. The van der Waals surface area contributed by atoms with Gasteiger partial charge in [-0.15, -0.1) is 0 Å². The highest BCUT2D eigenvalue weighted by Gasteiger charge is 2.36. The lowest BCUT2D eigenvalue weighted by Crippen LogP contribution is -2.23.